The highest BCUT2D eigenvalue weighted by Crippen LogP contribution is 2.17. The van der Waals surface area contributed by atoms with Crippen LogP contribution >= 0.6 is 0 Å². The summed E-state index contributed by atoms with van der Waals surface area (Å²) in [7, 11) is -3.65. The Morgan fingerprint density at radius 3 is 2.80 bits per heavy atom. The SMILES string of the molecule is CCNCc1cn[nH]c1S(=O)(=O)NC(C)c1cn[nH]c1. The van der Waals surface area contributed by atoms with Crippen LogP contribution < -0.4 is 10.0 Å². The van der Waals surface area contributed by atoms with Crippen LogP contribution in [0, 0.1) is 0 Å². The maximum atomic E-state index is 12.3. The van der Waals surface area contributed by atoms with Gasteiger partial charge in [0.25, 0.3) is 10.0 Å². The van der Waals surface area contributed by atoms with E-state index in [-0.39, 0.29) is 11.1 Å². The third-order valence-corrected chi connectivity index (χ3v) is 4.42. The van der Waals surface area contributed by atoms with Gasteiger partial charge in [0.15, 0.2) is 5.03 Å². The molecule has 9 heteroatoms. The summed E-state index contributed by atoms with van der Waals surface area (Å²) in [5.41, 5.74) is 1.38. The fraction of sp³-hybridized carbons (Fsp3) is 0.455. The molecule has 0 radical (unpaired) electrons. The summed E-state index contributed by atoms with van der Waals surface area (Å²) < 4.78 is 27.3. The first-order valence-electron chi connectivity index (χ1n) is 6.28. The van der Waals surface area contributed by atoms with Crippen molar-refractivity contribution in [3.8, 4) is 0 Å². The zero-order chi connectivity index (χ0) is 14.6. The zero-order valence-electron chi connectivity index (χ0n) is 11.3. The van der Waals surface area contributed by atoms with Gasteiger partial charge in [-0.15, -0.1) is 0 Å². The molecule has 2 aromatic rings. The quantitative estimate of drug-likeness (QED) is 0.586. The molecule has 0 aliphatic heterocycles. The summed E-state index contributed by atoms with van der Waals surface area (Å²) in [5, 5.41) is 16.0. The summed E-state index contributed by atoms with van der Waals surface area (Å²) in [6, 6.07) is -0.381. The predicted octanol–water partition coefficient (Wildman–Crippen LogP) is 0.282. The van der Waals surface area contributed by atoms with E-state index < -0.39 is 10.0 Å². The van der Waals surface area contributed by atoms with E-state index in [1.165, 1.54) is 6.20 Å². The Kier molecular flexibility index (Phi) is 4.53. The molecule has 8 nitrogen and oxygen atoms in total. The van der Waals surface area contributed by atoms with Crippen molar-refractivity contribution in [2.75, 3.05) is 6.54 Å². The van der Waals surface area contributed by atoms with E-state index in [1.807, 2.05) is 6.92 Å². The number of nitrogens with one attached hydrogen (secondary N) is 4. The van der Waals surface area contributed by atoms with Gasteiger partial charge < -0.3 is 5.32 Å². The summed E-state index contributed by atoms with van der Waals surface area (Å²) in [4.78, 5) is 0. The molecular weight excluding hydrogens is 280 g/mol. The van der Waals surface area contributed by atoms with Crippen LogP contribution in [0.15, 0.2) is 23.6 Å². The molecule has 20 heavy (non-hydrogen) atoms. The second-order valence-corrected chi connectivity index (χ2v) is 6.03. The van der Waals surface area contributed by atoms with Gasteiger partial charge in [0.2, 0.25) is 0 Å². The molecule has 0 fully saturated rings. The lowest BCUT2D eigenvalue weighted by Crippen LogP contribution is -2.28. The lowest BCUT2D eigenvalue weighted by Gasteiger charge is -2.12. The average molecular weight is 298 g/mol. The van der Waals surface area contributed by atoms with Crippen molar-refractivity contribution in [1.82, 2.24) is 30.4 Å². The van der Waals surface area contributed by atoms with Crippen molar-refractivity contribution >= 4 is 10.0 Å². The van der Waals surface area contributed by atoms with Gasteiger partial charge in [-0.3, -0.25) is 10.2 Å². The number of H-pyrrole nitrogens is 2. The molecule has 0 bridgehead atoms. The van der Waals surface area contributed by atoms with E-state index >= 15 is 0 Å². The lowest BCUT2D eigenvalue weighted by atomic mass is 10.2. The van der Waals surface area contributed by atoms with Crippen molar-refractivity contribution in [2.24, 2.45) is 0 Å². The van der Waals surface area contributed by atoms with E-state index in [1.54, 1.807) is 19.3 Å². The first-order chi connectivity index (χ1) is 9.54. The van der Waals surface area contributed by atoms with Crippen LogP contribution in [-0.4, -0.2) is 35.4 Å². The molecule has 2 aromatic heterocycles. The highest BCUT2D eigenvalue weighted by Gasteiger charge is 2.23. The molecule has 1 unspecified atom stereocenters. The Balaban J connectivity index is 2.16. The van der Waals surface area contributed by atoms with Crippen molar-refractivity contribution < 1.29 is 8.42 Å². The second-order valence-electron chi connectivity index (χ2n) is 4.38. The van der Waals surface area contributed by atoms with Crippen molar-refractivity contribution in [3.63, 3.8) is 0 Å². The normalized spacial score (nSPS) is 13.5. The third kappa shape index (κ3) is 3.24. The summed E-state index contributed by atoms with van der Waals surface area (Å²) in [6.07, 6.45) is 4.75. The van der Waals surface area contributed by atoms with E-state index in [9.17, 15) is 8.42 Å². The molecule has 0 aliphatic carbocycles. The molecule has 0 amide bonds. The Morgan fingerprint density at radius 2 is 2.15 bits per heavy atom. The first kappa shape index (κ1) is 14.7. The number of nitrogens with zero attached hydrogens (tertiary/aromatic N) is 2. The first-order valence-corrected chi connectivity index (χ1v) is 7.77. The minimum absolute atomic E-state index is 0.0915. The van der Waals surface area contributed by atoms with Gasteiger partial charge in [0.05, 0.1) is 12.4 Å². The molecule has 2 heterocycles. The highest BCUT2D eigenvalue weighted by atomic mass is 32.2. The van der Waals surface area contributed by atoms with E-state index in [0.29, 0.717) is 12.1 Å². The van der Waals surface area contributed by atoms with Crippen molar-refractivity contribution in [2.45, 2.75) is 31.5 Å². The van der Waals surface area contributed by atoms with Crippen LogP contribution in [0.3, 0.4) is 0 Å². The van der Waals surface area contributed by atoms with E-state index in [2.05, 4.69) is 30.4 Å². The molecule has 0 saturated carbocycles. The molecule has 0 saturated heterocycles. The lowest BCUT2D eigenvalue weighted by molar-refractivity contribution is 0.560. The molecule has 1 atom stereocenters. The average Bonchev–Trinajstić information content (AvgIpc) is 3.07. The Morgan fingerprint density at radius 1 is 1.35 bits per heavy atom. The molecule has 0 aliphatic rings. The predicted molar refractivity (Wildman–Crippen MR) is 73.3 cm³/mol. The van der Waals surface area contributed by atoms with Crippen molar-refractivity contribution in [3.05, 3.63) is 29.7 Å². The minimum atomic E-state index is -3.65. The third-order valence-electron chi connectivity index (χ3n) is 2.86. The summed E-state index contributed by atoms with van der Waals surface area (Å²) >= 11 is 0. The molecule has 4 N–H and O–H groups in total. The van der Waals surface area contributed by atoms with E-state index in [0.717, 1.165) is 12.1 Å². The van der Waals surface area contributed by atoms with Gasteiger partial charge in [-0.05, 0) is 13.5 Å². The smallest absolute Gasteiger partial charge is 0.258 e. The molecule has 110 valence electrons. The second kappa shape index (κ2) is 6.16. The number of hydrogen-bond acceptors (Lipinski definition) is 5. The van der Waals surface area contributed by atoms with Gasteiger partial charge >= 0.3 is 0 Å². The fourth-order valence-electron chi connectivity index (χ4n) is 1.77. The van der Waals surface area contributed by atoms with E-state index in [4.69, 9.17) is 0 Å². The van der Waals surface area contributed by atoms with Crippen LogP contribution in [-0.2, 0) is 16.6 Å². The van der Waals surface area contributed by atoms with Crippen LogP contribution in [0.2, 0.25) is 0 Å². The molecule has 0 aromatic carbocycles. The maximum Gasteiger partial charge on any atom is 0.258 e. The Labute approximate surface area is 117 Å². The summed E-state index contributed by atoms with van der Waals surface area (Å²) in [6.45, 7) is 4.91. The van der Waals surface area contributed by atoms with Gasteiger partial charge in [-0.1, -0.05) is 6.92 Å². The van der Waals surface area contributed by atoms with Crippen LogP contribution in [0.4, 0.5) is 0 Å². The number of rotatable bonds is 7. The van der Waals surface area contributed by atoms with Crippen molar-refractivity contribution in [1.29, 1.82) is 0 Å². The monoisotopic (exact) mass is 298 g/mol. The highest BCUT2D eigenvalue weighted by molar-refractivity contribution is 7.89. The van der Waals surface area contributed by atoms with Crippen LogP contribution in [0.1, 0.15) is 31.0 Å². The van der Waals surface area contributed by atoms with Gasteiger partial charge in [-0.2, -0.15) is 10.2 Å². The topological polar surface area (TPSA) is 116 Å². The Bertz CT molecular complexity index is 634. The number of aromatic amines is 2. The molecule has 0 spiro atoms. The van der Waals surface area contributed by atoms with Gasteiger partial charge in [0, 0.05) is 29.9 Å². The van der Waals surface area contributed by atoms with Gasteiger partial charge in [0.1, 0.15) is 0 Å². The zero-order valence-corrected chi connectivity index (χ0v) is 12.2. The molecular formula is C11H18N6O2S. The maximum absolute atomic E-state index is 12.3. The summed E-state index contributed by atoms with van der Waals surface area (Å²) in [5.74, 6) is 0. The Hall–Kier alpha value is -1.71. The molecule has 2 rings (SSSR count). The number of aromatic nitrogens is 4. The fourth-order valence-corrected chi connectivity index (χ4v) is 3.14. The largest absolute Gasteiger partial charge is 0.313 e. The number of hydrogen-bond donors (Lipinski definition) is 4. The standard InChI is InChI=1S/C11H18N6O2S/c1-3-12-4-10-7-15-16-11(10)20(18,19)17-8(2)9-5-13-14-6-9/h5-8,12,17H,3-4H2,1-2H3,(H,13,14)(H,15,16). The van der Waals surface area contributed by atoms with Crippen LogP contribution in [0.25, 0.3) is 0 Å². The number of sulfonamides is 1. The van der Waals surface area contributed by atoms with Gasteiger partial charge in [-0.25, -0.2) is 13.1 Å². The minimum Gasteiger partial charge on any atom is -0.313 e. The van der Waals surface area contributed by atoms with Crippen LogP contribution in [0.5, 0.6) is 0 Å².